The Bertz CT molecular complexity index is 1010. The van der Waals surface area contributed by atoms with E-state index >= 15 is 0 Å². The van der Waals surface area contributed by atoms with Crippen LogP contribution in [0.25, 0.3) is 16.3 Å². The molecule has 0 bridgehead atoms. The normalized spacial score (nSPS) is 19.3. The lowest BCUT2D eigenvalue weighted by Crippen LogP contribution is -2.32. The Labute approximate surface area is 179 Å². The SMILES string of the molecule is CC(C)c1nn(-c2cccs2)c(-c2ccc(F)cc2)c1CC[C@@H]1C[C@H](O)CC(=O)O1. The van der Waals surface area contributed by atoms with Crippen molar-refractivity contribution in [2.24, 2.45) is 0 Å². The number of cyclic esters (lactones) is 1. The monoisotopic (exact) mass is 428 g/mol. The molecule has 158 valence electrons. The zero-order valence-corrected chi connectivity index (χ0v) is 17.9. The van der Waals surface area contributed by atoms with Crippen molar-refractivity contribution >= 4 is 17.3 Å². The van der Waals surface area contributed by atoms with Gasteiger partial charge in [0.15, 0.2) is 0 Å². The lowest BCUT2D eigenvalue weighted by atomic mass is 9.93. The molecule has 0 radical (unpaired) electrons. The van der Waals surface area contributed by atoms with Crippen LogP contribution < -0.4 is 0 Å². The molecule has 0 aliphatic carbocycles. The van der Waals surface area contributed by atoms with Crippen LogP contribution in [0.5, 0.6) is 0 Å². The number of ether oxygens (including phenoxy) is 1. The molecule has 1 saturated heterocycles. The van der Waals surface area contributed by atoms with E-state index in [-0.39, 0.29) is 30.2 Å². The van der Waals surface area contributed by atoms with Crippen molar-refractivity contribution in [3.05, 3.63) is 58.9 Å². The van der Waals surface area contributed by atoms with Crippen LogP contribution in [0.3, 0.4) is 0 Å². The Kier molecular flexibility index (Phi) is 6.01. The van der Waals surface area contributed by atoms with Crippen molar-refractivity contribution in [2.45, 2.75) is 57.7 Å². The highest BCUT2D eigenvalue weighted by atomic mass is 32.1. The second-order valence-corrected chi connectivity index (χ2v) is 8.91. The van der Waals surface area contributed by atoms with Gasteiger partial charge < -0.3 is 9.84 Å². The lowest BCUT2D eigenvalue weighted by Gasteiger charge is -2.26. The Hall–Kier alpha value is -2.51. The molecule has 30 heavy (non-hydrogen) atoms. The highest BCUT2D eigenvalue weighted by molar-refractivity contribution is 7.12. The van der Waals surface area contributed by atoms with E-state index in [0.29, 0.717) is 19.3 Å². The fraction of sp³-hybridized carbons (Fsp3) is 0.391. The van der Waals surface area contributed by atoms with E-state index in [9.17, 15) is 14.3 Å². The molecule has 0 unspecified atom stereocenters. The largest absolute Gasteiger partial charge is 0.462 e. The third-order valence-electron chi connectivity index (χ3n) is 5.35. The second kappa shape index (κ2) is 8.70. The van der Waals surface area contributed by atoms with Gasteiger partial charge in [-0.3, -0.25) is 4.79 Å². The Morgan fingerprint density at radius 3 is 2.70 bits per heavy atom. The van der Waals surface area contributed by atoms with E-state index in [1.54, 1.807) is 23.5 Å². The number of rotatable bonds is 6. The summed E-state index contributed by atoms with van der Waals surface area (Å²) in [5, 5.41) is 17.8. The predicted octanol–water partition coefficient (Wildman–Crippen LogP) is 4.86. The topological polar surface area (TPSA) is 64.3 Å². The van der Waals surface area contributed by atoms with Gasteiger partial charge in [-0.2, -0.15) is 5.10 Å². The fourth-order valence-corrected chi connectivity index (χ4v) is 4.66. The number of carbonyl (C=O) groups is 1. The molecular weight excluding hydrogens is 403 g/mol. The van der Waals surface area contributed by atoms with Crippen molar-refractivity contribution in [1.29, 1.82) is 0 Å². The number of esters is 1. The van der Waals surface area contributed by atoms with Crippen molar-refractivity contribution in [2.75, 3.05) is 0 Å². The molecule has 3 heterocycles. The maximum atomic E-state index is 13.6. The maximum Gasteiger partial charge on any atom is 0.308 e. The first-order valence-electron chi connectivity index (χ1n) is 10.2. The molecule has 2 atom stereocenters. The lowest BCUT2D eigenvalue weighted by molar-refractivity contribution is -0.160. The van der Waals surface area contributed by atoms with Crippen molar-refractivity contribution in [3.63, 3.8) is 0 Å². The van der Waals surface area contributed by atoms with E-state index in [0.717, 1.165) is 27.5 Å². The van der Waals surface area contributed by atoms with Crippen LogP contribution >= 0.6 is 11.3 Å². The average molecular weight is 429 g/mol. The number of carbonyl (C=O) groups excluding carboxylic acids is 1. The molecule has 0 amide bonds. The number of aromatic nitrogens is 2. The molecular formula is C23H25FN2O3S. The Morgan fingerprint density at radius 2 is 2.07 bits per heavy atom. The van der Waals surface area contributed by atoms with E-state index in [4.69, 9.17) is 9.84 Å². The summed E-state index contributed by atoms with van der Waals surface area (Å²) in [6.45, 7) is 4.20. The van der Waals surface area contributed by atoms with Crippen molar-refractivity contribution in [1.82, 2.24) is 9.78 Å². The molecule has 5 nitrogen and oxygen atoms in total. The molecule has 0 saturated carbocycles. The van der Waals surface area contributed by atoms with Crippen LogP contribution in [0.2, 0.25) is 0 Å². The number of benzene rings is 1. The van der Waals surface area contributed by atoms with Crippen LogP contribution in [0, 0.1) is 5.82 Å². The van der Waals surface area contributed by atoms with Crippen molar-refractivity contribution in [3.8, 4) is 16.3 Å². The summed E-state index contributed by atoms with van der Waals surface area (Å²) in [6.07, 6.45) is 0.806. The van der Waals surface area contributed by atoms with E-state index in [1.807, 2.05) is 22.2 Å². The third-order valence-corrected chi connectivity index (χ3v) is 6.19. The number of hydrogen-bond acceptors (Lipinski definition) is 5. The maximum absolute atomic E-state index is 13.6. The summed E-state index contributed by atoms with van der Waals surface area (Å²) in [6, 6.07) is 10.5. The summed E-state index contributed by atoms with van der Waals surface area (Å²) >= 11 is 1.59. The van der Waals surface area contributed by atoms with Crippen LogP contribution in [0.1, 0.15) is 50.3 Å². The molecule has 0 spiro atoms. The van der Waals surface area contributed by atoms with Gasteiger partial charge in [0.2, 0.25) is 0 Å². The highest BCUT2D eigenvalue weighted by Gasteiger charge is 2.29. The molecule has 1 aliphatic heterocycles. The summed E-state index contributed by atoms with van der Waals surface area (Å²) in [4.78, 5) is 11.7. The van der Waals surface area contributed by atoms with Gasteiger partial charge in [-0.15, -0.1) is 11.3 Å². The van der Waals surface area contributed by atoms with Gasteiger partial charge in [-0.1, -0.05) is 13.8 Å². The standard InChI is InChI=1S/C23H25FN2O3S/c1-14(2)22-19(10-9-18-12-17(27)13-21(28)29-18)23(15-5-7-16(24)8-6-15)26(25-22)20-4-3-11-30-20/h3-8,11,14,17-18,27H,9-10,12-13H2,1-2H3/t17-,18+/m0/s1. The number of thiophene rings is 1. The second-order valence-electron chi connectivity index (χ2n) is 7.98. The number of halogens is 1. The summed E-state index contributed by atoms with van der Waals surface area (Å²) < 4.78 is 21.0. The van der Waals surface area contributed by atoms with E-state index in [2.05, 4.69) is 13.8 Å². The summed E-state index contributed by atoms with van der Waals surface area (Å²) in [5.74, 6) is -0.439. The Balaban J connectivity index is 1.75. The molecule has 1 fully saturated rings. The van der Waals surface area contributed by atoms with Gasteiger partial charge in [-0.05, 0) is 60.5 Å². The Morgan fingerprint density at radius 1 is 1.30 bits per heavy atom. The smallest absolute Gasteiger partial charge is 0.308 e. The minimum Gasteiger partial charge on any atom is -0.462 e. The minimum absolute atomic E-state index is 0.0604. The van der Waals surface area contributed by atoms with Gasteiger partial charge in [-0.25, -0.2) is 9.07 Å². The first kappa shape index (κ1) is 20.8. The predicted molar refractivity (Wildman–Crippen MR) is 114 cm³/mol. The summed E-state index contributed by atoms with van der Waals surface area (Å²) in [7, 11) is 0. The number of aliphatic hydroxyl groups excluding tert-OH is 1. The first-order valence-corrected chi connectivity index (χ1v) is 11.1. The number of nitrogens with zero attached hydrogens (tertiary/aromatic N) is 2. The molecule has 3 aromatic rings. The van der Waals surface area contributed by atoms with Crippen LogP contribution in [-0.2, 0) is 16.0 Å². The minimum atomic E-state index is -0.647. The molecule has 7 heteroatoms. The highest BCUT2D eigenvalue weighted by Crippen LogP contribution is 2.35. The molecule has 4 rings (SSSR count). The van der Waals surface area contributed by atoms with Gasteiger partial charge in [0.05, 0.1) is 23.9 Å². The molecule has 2 aromatic heterocycles. The zero-order valence-electron chi connectivity index (χ0n) is 17.0. The van der Waals surface area contributed by atoms with Gasteiger partial charge >= 0.3 is 5.97 Å². The average Bonchev–Trinajstić information content (AvgIpc) is 3.34. The van der Waals surface area contributed by atoms with E-state index < -0.39 is 6.10 Å². The van der Waals surface area contributed by atoms with Crippen LogP contribution in [0.15, 0.2) is 41.8 Å². The fourth-order valence-electron chi connectivity index (χ4n) is 3.98. The summed E-state index contributed by atoms with van der Waals surface area (Å²) in [5.41, 5.74) is 3.87. The zero-order chi connectivity index (χ0) is 21.3. The molecule has 1 aliphatic rings. The molecule has 1 N–H and O–H groups in total. The van der Waals surface area contributed by atoms with Crippen molar-refractivity contribution < 1.29 is 19.0 Å². The number of aliphatic hydroxyl groups is 1. The van der Waals surface area contributed by atoms with Crippen LogP contribution in [0.4, 0.5) is 4.39 Å². The number of hydrogen-bond donors (Lipinski definition) is 1. The third kappa shape index (κ3) is 4.32. The van der Waals surface area contributed by atoms with Gasteiger partial charge in [0, 0.05) is 17.5 Å². The van der Waals surface area contributed by atoms with E-state index in [1.165, 1.54) is 12.1 Å². The first-order chi connectivity index (χ1) is 14.4. The van der Waals surface area contributed by atoms with Gasteiger partial charge in [0.1, 0.15) is 16.9 Å². The quantitative estimate of drug-likeness (QED) is 0.570. The van der Waals surface area contributed by atoms with Gasteiger partial charge in [0.25, 0.3) is 0 Å². The molecule has 1 aromatic carbocycles. The van der Waals surface area contributed by atoms with Crippen LogP contribution in [-0.4, -0.2) is 33.1 Å².